The average Bonchev–Trinajstić information content (AvgIpc) is 2.58. The molecular formula is C18H23NO3. The van der Waals surface area contributed by atoms with Gasteiger partial charge in [0.25, 0.3) is 0 Å². The maximum absolute atomic E-state index is 5.77. The molecule has 0 aliphatic carbocycles. The fraction of sp³-hybridized carbons (Fsp3) is 0.333. The largest absolute Gasteiger partial charge is 0.493 e. The molecule has 0 spiro atoms. The van der Waals surface area contributed by atoms with E-state index in [0.717, 1.165) is 35.8 Å². The second-order valence-electron chi connectivity index (χ2n) is 4.88. The van der Waals surface area contributed by atoms with Crippen LogP contribution in [0.25, 0.3) is 0 Å². The molecule has 2 aromatic carbocycles. The van der Waals surface area contributed by atoms with Crippen molar-refractivity contribution < 1.29 is 14.2 Å². The van der Waals surface area contributed by atoms with E-state index in [2.05, 4.69) is 18.3 Å². The summed E-state index contributed by atoms with van der Waals surface area (Å²) in [7, 11) is 3.27. The summed E-state index contributed by atoms with van der Waals surface area (Å²) in [6.07, 6.45) is 0.997. The standard InChI is InChI=1S/C18H23NO3/c1-4-11-22-16-8-6-5-7-14(16)13-19-15-9-10-17(20-2)18(12-15)21-3/h5-10,12,19H,4,11,13H2,1-3H3. The number of ether oxygens (including phenoxy) is 3. The van der Waals surface area contributed by atoms with Crippen molar-refractivity contribution >= 4 is 5.69 Å². The molecule has 0 saturated carbocycles. The first-order valence-corrected chi connectivity index (χ1v) is 7.45. The Morgan fingerprint density at radius 2 is 1.68 bits per heavy atom. The van der Waals surface area contributed by atoms with Gasteiger partial charge in [0, 0.05) is 23.9 Å². The molecule has 0 atom stereocenters. The maximum Gasteiger partial charge on any atom is 0.162 e. The third-order valence-electron chi connectivity index (χ3n) is 3.30. The summed E-state index contributed by atoms with van der Waals surface area (Å²) in [5.41, 5.74) is 2.11. The second kappa shape index (κ2) is 8.17. The molecule has 118 valence electrons. The minimum atomic E-state index is 0.690. The first-order chi connectivity index (χ1) is 10.8. The lowest BCUT2D eigenvalue weighted by atomic mass is 10.2. The summed E-state index contributed by atoms with van der Waals surface area (Å²) in [5.74, 6) is 2.36. The predicted octanol–water partition coefficient (Wildman–Crippen LogP) is 4.10. The van der Waals surface area contributed by atoms with E-state index in [1.165, 1.54) is 0 Å². The van der Waals surface area contributed by atoms with Gasteiger partial charge in [0.15, 0.2) is 11.5 Å². The van der Waals surface area contributed by atoms with Crippen LogP contribution in [0, 0.1) is 0 Å². The molecule has 0 aromatic heterocycles. The summed E-state index contributed by atoms with van der Waals surface area (Å²) >= 11 is 0. The van der Waals surface area contributed by atoms with Crippen molar-refractivity contribution in [1.29, 1.82) is 0 Å². The van der Waals surface area contributed by atoms with Gasteiger partial charge in [0.1, 0.15) is 5.75 Å². The Labute approximate surface area is 132 Å². The summed E-state index contributed by atoms with van der Waals surface area (Å²) < 4.78 is 16.3. The van der Waals surface area contributed by atoms with Gasteiger partial charge in [-0.1, -0.05) is 25.1 Å². The highest BCUT2D eigenvalue weighted by Crippen LogP contribution is 2.30. The zero-order valence-corrected chi connectivity index (χ0v) is 13.4. The summed E-state index contributed by atoms with van der Waals surface area (Å²) in [6, 6.07) is 13.9. The molecule has 4 nitrogen and oxygen atoms in total. The van der Waals surface area contributed by atoms with E-state index in [9.17, 15) is 0 Å². The van der Waals surface area contributed by atoms with E-state index in [0.29, 0.717) is 12.3 Å². The number of hydrogen-bond donors (Lipinski definition) is 1. The highest BCUT2D eigenvalue weighted by atomic mass is 16.5. The molecule has 0 unspecified atom stereocenters. The van der Waals surface area contributed by atoms with Crippen molar-refractivity contribution in [3.63, 3.8) is 0 Å². The molecule has 4 heteroatoms. The van der Waals surface area contributed by atoms with E-state index in [4.69, 9.17) is 14.2 Å². The van der Waals surface area contributed by atoms with Crippen LogP contribution in [0.5, 0.6) is 17.2 Å². The maximum atomic E-state index is 5.77. The molecule has 0 bridgehead atoms. The monoisotopic (exact) mass is 301 g/mol. The number of para-hydroxylation sites is 1. The first-order valence-electron chi connectivity index (χ1n) is 7.45. The Balaban J connectivity index is 2.07. The van der Waals surface area contributed by atoms with Gasteiger partial charge in [-0.2, -0.15) is 0 Å². The topological polar surface area (TPSA) is 39.7 Å². The zero-order valence-electron chi connectivity index (χ0n) is 13.4. The Morgan fingerprint density at radius 3 is 2.41 bits per heavy atom. The van der Waals surface area contributed by atoms with Gasteiger partial charge < -0.3 is 19.5 Å². The highest BCUT2D eigenvalue weighted by molar-refractivity contribution is 5.55. The molecule has 22 heavy (non-hydrogen) atoms. The quantitative estimate of drug-likeness (QED) is 0.796. The van der Waals surface area contributed by atoms with Crippen LogP contribution < -0.4 is 19.5 Å². The number of rotatable bonds is 8. The lowest BCUT2D eigenvalue weighted by Gasteiger charge is -2.14. The molecule has 0 saturated heterocycles. The normalized spacial score (nSPS) is 10.1. The molecule has 0 radical (unpaired) electrons. The van der Waals surface area contributed by atoms with Crippen molar-refractivity contribution in [3.05, 3.63) is 48.0 Å². The van der Waals surface area contributed by atoms with Crippen molar-refractivity contribution in [1.82, 2.24) is 0 Å². The lowest BCUT2D eigenvalue weighted by Crippen LogP contribution is -2.04. The van der Waals surface area contributed by atoms with E-state index in [-0.39, 0.29) is 0 Å². The minimum absolute atomic E-state index is 0.690. The van der Waals surface area contributed by atoms with Crippen LogP contribution in [0.4, 0.5) is 5.69 Å². The fourth-order valence-electron chi connectivity index (χ4n) is 2.15. The smallest absolute Gasteiger partial charge is 0.162 e. The molecular weight excluding hydrogens is 278 g/mol. The van der Waals surface area contributed by atoms with Crippen LogP contribution in [0.15, 0.2) is 42.5 Å². The third-order valence-corrected chi connectivity index (χ3v) is 3.30. The van der Waals surface area contributed by atoms with Gasteiger partial charge in [0.05, 0.1) is 20.8 Å². The van der Waals surface area contributed by atoms with Crippen LogP contribution in [0.3, 0.4) is 0 Å². The second-order valence-corrected chi connectivity index (χ2v) is 4.88. The summed E-state index contributed by atoms with van der Waals surface area (Å²) in [4.78, 5) is 0. The minimum Gasteiger partial charge on any atom is -0.493 e. The Morgan fingerprint density at radius 1 is 0.909 bits per heavy atom. The van der Waals surface area contributed by atoms with Crippen molar-refractivity contribution in [2.45, 2.75) is 19.9 Å². The van der Waals surface area contributed by atoms with Crippen molar-refractivity contribution in [2.24, 2.45) is 0 Å². The van der Waals surface area contributed by atoms with E-state index in [1.54, 1.807) is 14.2 Å². The first kappa shape index (κ1) is 16.0. The van der Waals surface area contributed by atoms with Gasteiger partial charge in [-0.25, -0.2) is 0 Å². The molecule has 0 aliphatic heterocycles. The zero-order chi connectivity index (χ0) is 15.8. The number of hydrogen-bond acceptors (Lipinski definition) is 4. The van der Waals surface area contributed by atoms with Gasteiger partial charge in [-0.3, -0.25) is 0 Å². The average molecular weight is 301 g/mol. The van der Waals surface area contributed by atoms with Crippen LogP contribution in [0.2, 0.25) is 0 Å². The molecule has 0 heterocycles. The van der Waals surface area contributed by atoms with Gasteiger partial charge >= 0.3 is 0 Å². The van der Waals surface area contributed by atoms with Gasteiger partial charge in [-0.15, -0.1) is 0 Å². The Kier molecular flexibility index (Phi) is 5.95. The number of nitrogens with one attached hydrogen (secondary N) is 1. The summed E-state index contributed by atoms with van der Waals surface area (Å²) in [6.45, 7) is 3.52. The van der Waals surface area contributed by atoms with E-state index < -0.39 is 0 Å². The Hall–Kier alpha value is -2.36. The molecule has 0 aliphatic rings. The van der Waals surface area contributed by atoms with Crippen LogP contribution in [-0.4, -0.2) is 20.8 Å². The Bertz CT molecular complexity index is 599. The van der Waals surface area contributed by atoms with Crippen LogP contribution >= 0.6 is 0 Å². The number of benzene rings is 2. The van der Waals surface area contributed by atoms with Crippen LogP contribution in [0.1, 0.15) is 18.9 Å². The molecule has 0 fully saturated rings. The van der Waals surface area contributed by atoms with Crippen molar-refractivity contribution in [2.75, 3.05) is 26.1 Å². The van der Waals surface area contributed by atoms with E-state index >= 15 is 0 Å². The lowest BCUT2D eigenvalue weighted by molar-refractivity contribution is 0.314. The third kappa shape index (κ3) is 4.07. The molecule has 2 aromatic rings. The summed E-state index contributed by atoms with van der Waals surface area (Å²) in [5, 5.41) is 3.39. The molecule has 1 N–H and O–H groups in total. The number of methoxy groups -OCH3 is 2. The highest BCUT2D eigenvalue weighted by Gasteiger charge is 2.06. The predicted molar refractivity (Wildman–Crippen MR) is 89.1 cm³/mol. The SMILES string of the molecule is CCCOc1ccccc1CNc1ccc(OC)c(OC)c1. The van der Waals surface area contributed by atoms with E-state index in [1.807, 2.05) is 36.4 Å². The molecule has 2 rings (SSSR count). The van der Waals surface area contributed by atoms with Gasteiger partial charge in [0.2, 0.25) is 0 Å². The van der Waals surface area contributed by atoms with Crippen LogP contribution in [-0.2, 0) is 6.54 Å². The molecule has 0 amide bonds. The van der Waals surface area contributed by atoms with Crippen molar-refractivity contribution in [3.8, 4) is 17.2 Å². The van der Waals surface area contributed by atoms with Gasteiger partial charge in [-0.05, 0) is 24.6 Å². The number of anilines is 1. The fourth-order valence-corrected chi connectivity index (χ4v) is 2.15.